The van der Waals surface area contributed by atoms with Gasteiger partial charge in [0.25, 0.3) is 5.91 Å². The van der Waals surface area contributed by atoms with Crippen LogP contribution in [0.4, 0.5) is 0 Å². The molecule has 2 rings (SSSR count). The summed E-state index contributed by atoms with van der Waals surface area (Å²) < 4.78 is 0.932. The molecule has 0 aliphatic carbocycles. The van der Waals surface area contributed by atoms with Crippen LogP contribution in [0.2, 0.25) is 0 Å². The van der Waals surface area contributed by atoms with Gasteiger partial charge in [0.2, 0.25) is 5.91 Å². The number of hydrogen-bond donors (Lipinski definition) is 2. The normalized spacial score (nSPS) is 17.9. The molecular weight excluding hydrogens is 358 g/mol. The summed E-state index contributed by atoms with van der Waals surface area (Å²) in [4.78, 5) is 26.2. The standard InChI is InChI=1S/C17H24BrN3O2/c1-2-21-11-3-4-15(21)12-20-16(22)9-10-19-17(23)13-5-7-14(18)8-6-13/h5-8,15H,2-4,9-12H2,1H3,(H,19,23)(H,20,22)/t15-/m1/s1. The minimum absolute atomic E-state index is 0.0101. The maximum atomic E-state index is 11.9. The SMILES string of the molecule is CCN1CCC[C@@H]1CNC(=O)CCNC(=O)c1ccc(Br)cc1. The molecule has 2 amide bonds. The lowest BCUT2D eigenvalue weighted by Gasteiger charge is -2.22. The fourth-order valence-electron chi connectivity index (χ4n) is 2.86. The van der Waals surface area contributed by atoms with Gasteiger partial charge in [-0.25, -0.2) is 0 Å². The maximum absolute atomic E-state index is 11.9. The lowest BCUT2D eigenvalue weighted by atomic mass is 10.2. The Morgan fingerprint density at radius 1 is 1.26 bits per heavy atom. The van der Waals surface area contributed by atoms with Crippen molar-refractivity contribution >= 4 is 27.7 Å². The number of nitrogens with zero attached hydrogens (tertiary/aromatic N) is 1. The molecule has 23 heavy (non-hydrogen) atoms. The van der Waals surface area contributed by atoms with Crippen LogP contribution < -0.4 is 10.6 Å². The van der Waals surface area contributed by atoms with E-state index in [0.717, 1.165) is 24.0 Å². The van der Waals surface area contributed by atoms with E-state index in [-0.39, 0.29) is 11.8 Å². The number of carbonyl (C=O) groups excluding carboxylic acids is 2. The molecule has 0 spiro atoms. The molecule has 1 aromatic rings. The quantitative estimate of drug-likeness (QED) is 0.760. The summed E-state index contributed by atoms with van der Waals surface area (Å²) in [5.74, 6) is -0.165. The third-order valence-electron chi connectivity index (χ3n) is 4.18. The minimum Gasteiger partial charge on any atom is -0.354 e. The highest BCUT2D eigenvalue weighted by atomic mass is 79.9. The first kappa shape index (κ1) is 17.9. The summed E-state index contributed by atoms with van der Waals surface area (Å²) in [5.41, 5.74) is 0.596. The summed E-state index contributed by atoms with van der Waals surface area (Å²) >= 11 is 3.33. The Morgan fingerprint density at radius 3 is 2.70 bits per heavy atom. The fraction of sp³-hybridized carbons (Fsp3) is 0.529. The zero-order valence-electron chi connectivity index (χ0n) is 13.5. The summed E-state index contributed by atoms with van der Waals surface area (Å²) in [5, 5.41) is 5.74. The third-order valence-corrected chi connectivity index (χ3v) is 4.71. The van der Waals surface area contributed by atoms with Gasteiger partial charge in [-0.2, -0.15) is 0 Å². The average molecular weight is 382 g/mol. The highest BCUT2D eigenvalue weighted by Crippen LogP contribution is 2.15. The first-order valence-corrected chi connectivity index (χ1v) is 8.94. The molecule has 1 fully saturated rings. The van der Waals surface area contributed by atoms with Gasteiger partial charge >= 0.3 is 0 Å². The Labute approximate surface area is 145 Å². The van der Waals surface area contributed by atoms with Gasteiger partial charge in [0.05, 0.1) is 0 Å². The number of likely N-dealkylation sites (N-methyl/N-ethyl adjacent to an activating group) is 1. The Balaban J connectivity index is 1.64. The van der Waals surface area contributed by atoms with E-state index in [1.165, 1.54) is 6.42 Å². The summed E-state index contributed by atoms with van der Waals surface area (Å²) in [6.45, 7) is 5.36. The van der Waals surface area contributed by atoms with E-state index < -0.39 is 0 Å². The van der Waals surface area contributed by atoms with Crippen molar-refractivity contribution in [3.8, 4) is 0 Å². The van der Waals surface area contributed by atoms with Crippen LogP contribution in [0.3, 0.4) is 0 Å². The van der Waals surface area contributed by atoms with Crippen molar-refractivity contribution in [3.63, 3.8) is 0 Å². The van der Waals surface area contributed by atoms with E-state index in [1.54, 1.807) is 12.1 Å². The minimum atomic E-state index is -0.154. The van der Waals surface area contributed by atoms with Crippen LogP contribution in [0.1, 0.15) is 36.5 Å². The van der Waals surface area contributed by atoms with E-state index in [2.05, 4.69) is 38.4 Å². The molecule has 126 valence electrons. The molecule has 6 heteroatoms. The predicted octanol–water partition coefficient (Wildman–Crippen LogP) is 2.17. The number of likely N-dealkylation sites (tertiary alicyclic amines) is 1. The Morgan fingerprint density at radius 2 is 2.00 bits per heavy atom. The highest BCUT2D eigenvalue weighted by Gasteiger charge is 2.22. The molecule has 1 heterocycles. The van der Waals surface area contributed by atoms with E-state index in [0.29, 0.717) is 31.1 Å². The lowest BCUT2D eigenvalue weighted by molar-refractivity contribution is -0.121. The average Bonchev–Trinajstić information content (AvgIpc) is 3.01. The van der Waals surface area contributed by atoms with Gasteiger partial charge in [-0.3, -0.25) is 14.5 Å². The molecule has 1 aromatic carbocycles. The molecule has 5 nitrogen and oxygen atoms in total. The number of halogens is 1. The molecule has 1 saturated heterocycles. The van der Waals surface area contributed by atoms with Crippen molar-refractivity contribution in [2.75, 3.05) is 26.2 Å². The van der Waals surface area contributed by atoms with Crippen molar-refractivity contribution in [2.24, 2.45) is 0 Å². The number of carbonyl (C=O) groups is 2. The van der Waals surface area contributed by atoms with Crippen molar-refractivity contribution in [2.45, 2.75) is 32.2 Å². The summed E-state index contributed by atoms with van der Waals surface area (Å²) in [6, 6.07) is 7.60. The number of rotatable bonds is 7. The van der Waals surface area contributed by atoms with Crippen LogP contribution in [0.5, 0.6) is 0 Å². The van der Waals surface area contributed by atoms with Crippen molar-refractivity contribution in [1.29, 1.82) is 0 Å². The first-order valence-electron chi connectivity index (χ1n) is 8.14. The van der Waals surface area contributed by atoms with Gasteiger partial charge in [0, 0.05) is 35.6 Å². The second-order valence-electron chi connectivity index (χ2n) is 5.74. The number of nitrogens with one attached hydrogen (secondary N) is 2. The second-order valence-corrected chi connectivity index (χ2v) is 6.66. The van der Waals surface area contributed by atoms with Gasteiger partial charge < -0.3 is 10.6 Å². The predicted molar refractivity (Wildman–Crippen MR) is 94.4 cm³/mol. The van der Waals surface area contributed by atoms with Crippen molar-refractivity contribution in [3.05, 3.63) is 34.3 Å². The molecule has 0 aromatic heterocycles. The van der Waals surface area contributed by atoms with Gasteiger partial charge in [0.15, 0.2) is 0 Å². The molecule has 2 N–H and O–H groups in total. The van der Waals surface area contributed by atoms with Gasteiger partial charge in [0.1, 0.15) is 0 Å². The number of hydrogen-bond acceptors (Lipinski definition) is 3. The van der Waals surface area contributed by atoms with E-state index in [1.807, 2.05) is 12.1 Å². The molecule has 0 bridgehead atoms. The molecule has 0 unspecified atom stereocenters. The Bertz CT molecular complexity index is 533. The summed E-state index contributed by atoms with van der Waals surface area (Å²) in [7, 11) is 0. The Kier molecular flexibility index (Phi) is 7.05. The third kappa shape index (κ3) is 5.62. The topological polar surface area (TPSA) is 61.4 Å². The monoisotopic (exact) mass is 381 g/mol. The maximum Gasteiger partial charge on any atom is 0.251 e. The van der Waals surface area contributed by atoms with E-state index >= 15 is 0 Å². The van der Waals surface area contributed by atoms with Gasteiger partial charge in [-0.1, -0.05) is 22.9 Å². The first-order chi connectivity index (χ1) is 11.1. The molecule has 1 atom stereocenters. The van der Waals surface area contributed by atoms with Crippen LogP contribution in [0, 0.1) is 0 Å². The lowest BCUT2D eigenvalue weighted by Crippen LogP contribution is -2.40. The number of amides is 2. The zero-order valence-corrected chi connectivity index (χ0v) is 15.1. The van der Waals surface area contributed by atoms with Crippen LogP contribution >= 0.6 is 15.9 Å². The second kappa shape index (κ2) is 9.03. The number of benzene rings is 1. The molecule has 1 aliphatic heterocycles. The van der Waals surface area contributed by atoms with Gasteiger partial charge in [-0.15, -0.1) is 0 Å². The molecule has 0 saturated carbocycles. The van der Waals surface area contributed by atoms with Crippen molar-refractivity contribution in [1.82, 2.24) is 15.5 Å². The van der Waals surface area contributed by atoms with E-state index in [9.17, 15) is 9.59 Å². The van der Waals surface area contributed by atoms with Crippen LogP contribution in [0.15, 0.2) is 28.7 Å². The van der Waals surface area contributed by atoms with Crippen molar-refractivity contribution < 1.29 is 9.59 Å². The largest absolute Gasteiger partial charge is 0.354 e. The molecule has 0 radical (unpaired) electrons. The summed E-state index contributed by atoms with van der Waals surface area (Å²) in [6.07, 6.45) is 2.66. The molecular formula is C17H24BrN3O2. The highest BCUT2D eigenvalue weighted by molar-refractivity contribution is 9.10. The zero-order chi connectivity index (χ0) is 16.7. The fourth-order valence-corrected chi connectivity index (χ4v) is 3.12. The Hall–Kier alpha value is -1.40. The van der Waals surface area contributed by atoms with Gasteiger partial charge in [-0.05, 0) is 50.2 Å². The van der Waals surface area contributed by atoms with Crippen LogP contribution in [0.25, 0.3) is 0 Å². The smallest absolute Gasteiger partial charge is 0.251 e. The van der Waals surface area contributed by atoms with Crippen LogP contribution in [-0.4, -0.2) is 48.9 Å². The molecule has 1 aliphatic rings. The van der Waals surface area contributed by atoms with E-state index in [4.69, 9.17) is 0 Å². The van der Waals surface area contributed by atoms with Crippen LogP contribution in [-0.2, 0) is 4.79 Å².